The van der Waals surface area contributed by atoms with Crippen molar-refractivity contribution in [2.24, 2.45) is 0 Å². The zero-order valence-electron chi connectivity index (χ0n) is 15.2. The van der Waals surface area contributed by atoms with Crippen molar-refractivity contribution in [3.8, 4) is 0 Å². The fourth-order valence-electron chi connectivity index (χ4n) is 2.97. The molecule has 28 heavy (non-hydrogen) atoms. The lowest BCUT2D eigenvalue weighted by molar-refractivity contribution is -0.121. The van der Waals surface area contributed by atoms with Crippen LogP contribution in [-0.2, 0) is 21.2 Å². The first-order valence-corrected chi connectivity index (χ1v) is 10.9. The second-order valence-electron chi connectivity index (χ2n) is 6.42. The minimum absolute atomic E-state index is 0.0956. The van der Waals surface area contributed by atoms with E-state index < -0.39 is 10.0 Å². The van der Waals surface area contributed by atoms with E-state index in [4.69, 9.17) is 11.6 Å². The number of aromatic nitrogens is 1. The molecule has 6 nitrogen and oxygen atoms in total. The zero-order chi connectivity index (χ0) is 20.0. The van der Waals surface area contributed by atoms with Gasteiger partial charge in [-0.1, -0.05) is 35.9 Å². The molecule has 1 heterocycles. The first-order valence-electron chi connectivity index (χ1n) is 9.02. The summed E-state index contributed by atoms with van der Waals surface area (Å²) >= 11 is 5.82. The number of sulfonamides is 1. The van der Waals surface area contributed by atoms with Crippen LogP contribution in [-0.4, -0.2) is 32.4 Å². The largest absolute Gasteiger partial charge is 0.361 e. The average molecular weight is 420 g/mol. The summed E-state index contributed by atoms with van der Waals surface area (Å²) in [6, 6.07) is 14.1. The van der Waals surface area contributed by atoms with Crippen LogP contribution in [0.4, 0.5) is 0 Å². The monoisotopic (exact) mass is 419 g/mol. The van der Waals surface area contributed by atoms with Crippen LogP contribution in [0.15, 0.2) is 59.6 Å². The van der Waals surface area contributed by atoms with Crippen LogP contribution >= 0.6 is 11.6 Å². The van der Waals surface area contributed by atoms with Crippen LogP contribution in [0.3, 0.4) is 0 Å². The van der Waals surface area contributed by atoms with Gasteiger partial charge < -0.3 is 10.3 Å². The van der Waals surface area contributed by atoms with Crippen LogP contribution in [0.2, 0.25) is 5.02 Å². The van der Waals surface area contributed by atoms with Gasteiger partial charge in [-0.25, -0.2) is 13.1 Å². The molecule has 3 aromatic rings. The average Bonchev–Trinajstić information content (AvgIpc) is 3.09. The highest BCUT2D eigenvalue weighted by Gasteiger charge is 2.13. The Kier molecular flexibility index (Phi) is 6.72. The lowest BCUT2D eigenvalue weighted by atomic mass is 10.1. The number of rotatable bonds is 9. The van der Waals surface area contributed by atoms with Gasteiger partial charge in [-0.2, -0.15) is 0 Å². The van der Waals surface area contributed by atoms with E-state index >= 15 is 0 Å². The first kappa shape index (κ1) is 20.4. The molecule has 8 heteroatoms. The molecule has 0 spiro atoms. The molecule has 0 bridgehead atoms. The molecule has 1 amide bonds. The normalized spacial score (nSPS) is 11.6. The van der Waals surface area contributed by atoms with Crippen LogP contribution in [0.5, 0.6) is 0 Å². The van der Waals surface area contributed by atoms with Gasteiger partial charge in [-0.3, -0.25) is 4.79 Å². The fraction of sp³-hybridized carbons (Fsp3) is 0.250. The van der Waals surface area contributed by atoms with Gasteiger partial charge in [0.25, 0.3) is 0 Å². The Hall–Kier alpha value is -2.35. The molecular weight excluding hydrogens is 398 g/mol. The molecule has 0 saturated carbocycles. The molecule has 0 fully saturated rings. The number of hydrogen-bond acceptors (Lipinski definition) is 3. The second kappa shape index (κ2) is 9.23. The Balaban J connectivity index is 1.38. The Labute approximate surface area is 169 Å². The number of carbonyl (C=O) groups is 1. The van der Waals surface area contributed by atoms with E-state index in [1.165, 1.54) is 23.1 Å². The summed E-state index contributed by atoms with van der Waals surface area (Å²) < 4.78 is 26.8. The predicted octanol–water partition coefficient (Wildman–Crippen LogP) is 3.24. The van der Waals surface area contributed by atoms with Crippen molar-refractivity contribution in [2.45, 2.75) is 24.2 Å². The lowest BCUT2D eigenvalue weighted by Crippen LogP contribution is -2.34. The van der Waals surface area contributed by atoms with E-state index in [-0.39, 0.29) is 23.9 Å². The zero-order valence-corrected chi connectivity index (χ0v) is 16.8. The van der Waals surface area contributed by atoms with Crippen molar-refractivity contribution >= 4 is 38.4 Å². The van der Waals surface area contributed by atoms with Gasteiger partial charge in [0.2, 0.25) is 15.9 Å². The van der Waals surface area contributed by atoms with E-state index in [1.807, 2.05) is 24.4 Å². The number of aromatic amines is 1. The van der Waals surface area contributed by atoms with Crippen molar-refractivity contribution in [2.75, 3.05) is 13.1 Å². The van der Waals surface area contributed by atoms with Gasteiger partial charge in [0.15, 0.2) is 0 Å². The van der Waals surface area contributed by atoms with Crippen molar-refractivity contribution in [1.29, 1.82) is 0 Å². The third-order valence-electron chi connectivity index (χ3n) is 4.37. The summed E-state index contributed by atoms with van der Waals surface area (Å²) in [4.78, 5) is 15.3. The number of carbonyl (C=O) groups excluding carboxylic acids is 1. The van der Waals surface area contributed by atoms with E-state index in [0.717, 1.165) is 18.4 Å². The van der Waals surface area contributed by atoms with Gasteiger partial charge in [-0.15, -0.1) is 0 Å². The summed E-state index contributed by atoms with van der Waals surface area (Å²) in [6.07, 6.45) is 3.90. The van der Waals surface area contributed by atoms with E-state index in [2.05, 4.69) is 21.1 Å². The maximum absolute atomic E-state index is 12.2. The van der Waals surface area contributed by atoms with Crippen molar-refractivity contribution in [1.82, 2.24) is 15.0 Å². The highest BCUT2D eigenvalue weighted by Crippen LogP contribution is 2.19. The number of halogens is 1. The third kappa shape index (κ3) is 5.34. The molecule has 1 aromatic heterocycles. The highest BCUT2D eigenvalue weighted by atomic mass is 35.5. The van der Waals surface area contributed by atoms with Crippen LogP contribution in [0, 0.1) is 0 Å². The summed E-state index contributed by atoms with van der Waals surface area (Å²) in [5.74, 6) is -0.0956. The molecule has 0 saturated heterocycles. The SMILES string of the molecule is O=C(CCCc1c[nH]c2ccccc12)NCCNS(=O)(=O)c1cccc(Cl)c1. The predicted molar refractivity (Wildman–Crippen MR) is 111 cm³/mol. The molecule has 2 aromatic carbocycles. The number of H-pyrrole nitrogens is 1. The van der Waals surface area contributed by atoms with Gasteiger partial charge >= 0.3 is 0 Å². The Morgan fingerprint density at radius 2 is 1.89 bits per heavy atom. The number of nitrogens with one attached hydrogen (secondary N) is 3. The van der Waals surface area contributed by atoms with Gasteiger partial charge in [0.05, 0.1) is 4.90 Å². The Bertz CT molecular complexity index is 1060. The van der Waals surface area contributed by atoms with Crippen LogP contribution in [0.25, 0.3) is 10.9 Å². The third-order valence-corrected chi connectivity index (χ3v) is 6.06. The van der Waals surface area contributed by atoms with E-state index in [9.17, 15) is 13.2 Å². The summed E-state index contributed by atoms with van der Waals surface area (Å²) in [5.41, 5.74) is 2.28. The summed E-state index contributed by atoms with van der Waals surface area (Å²) in [6.45, 7) is 0.342. The molecule has 0 aliphatic carbocycles. The molecular formula is C20H22ClN3O3S. The van der Waals surface area contributed by atoms with Crippen molar-refractivity contribution in [3.63, 3.8) is 0 Å². The van der Waals surface area contributed by atoms with Gasteiger partial charge in [-0.05, 0) is 42.7 Å². The topological polar surface area (TPSA) is 91.1 Å². The summed E-state index contributed by atoms with van der Waals surface area (Å²) in [7, 11) is -3.64. The molecule has 3 N–H and O–H groups in total. The van der Waals surface area contributed by atoms with Crippen LogP contribution in [0.1, 0.15) is 18.4 Å². The lowest BCUT2D eigenvalue weighted by Gasteiger charge is -2.08. The number of fused-ring (bicyclic) bond motifs is 1. The van der Waals surface area contributed by atoms with E-state index in [0.29, 0.717) is 11.4 Å². The minimum atomic E-state index is -3.64. The maximum atomic E-state index is 12.2. The molecule has 0 radical (unpaired) electrons. The van der Waals surface area contributed by atoms with E-state index in [1.54, 1.807) is 12.1 Å². The first-order chi connectivity index (χ1) is 13.5. The molecule has 148 valence electrons. The molecule has 0 unspecified atom stereocenters. The number of aryl methyl sites for hydroxylation is 1. The molecule has 3 rings (SSSR count). The second-order valence-corrected chi connectivity index (χ2v) is 8.62. The standard InChI is InChI=1S/C20H22ClN3O3S/c21-16-6-4-7-17(13-16)28(26,27)24-12-11-22-20(25)10-3-5-15-14-23-19-9-2-1-8-18(15)19/h1-2,4,6-9,13-14,23-24H,3,5,10-12H2,(H,22,25). The molecule has 0 aliphatic heterocycles. The minimum Gasteiger partial charge on any atom is -0.361 e. The number of benzene rings is 2. The summed E-state index contributed by atoms with van der Waals surface area (Å²) in [5, 5.41) is 4.27. The maximum Gasteiger partial charge on any atom is 0.240 e. The molecule has 0 aliphatic rings. The molecule has 0 atom stereocenters. The smallest absolute Gasteiger partial charge is 0.240 e. The Morgan fingerprint density at radius 3 is 2.71 bits per heavy atom. The number of para-hydroxylation sites is 1. The van der Waals surface area contributed by atoms with Gasteiger partial charge in [0, 0.05) is 41.6 Å². The fourth-order valence-corrected chi connectivity index (χ4v) is 4.30. The van der Waals surface area contributed by atoms with Crippen molar-refractivity contribution < 1.29 is 13.2 Å². The van der Waals surface area contributed by atoms with Gasteiger partial charge in [0.1, 0.15) is 0 Å². The quantitative estimate of drug-likeness (QED) is 0.465. The van der Waals surface area contributed by atoms with Crippen LogP contribution < -0.4 is 10.0 Å². The Morgan fingerprint density at radius 1 is 1.07 bits per heavy atom. The van der Waals surface area contributed by atoms with Crippen molar-refractivity contribution in [3.05, 3.63) is 65.3 Å². The number of hydrogen-bond donors (Lipinski definition) is 3. The number of amides is 1. The highest BCUT2D eigenvalue weighted by molar-refractivity contribution is 7.89.